The molecule has 0 saturated heterocycles. The third-order valence-corrected chi connectivity index (χ3v) is 3.34. The number of benzene rings is 1. The Morgan fingerprint density at radius 2 is 1.74 bits per heavy atom. The van der Waals surface area contributed by atoms with Gasteiger partial charge in [-0.05, 0) is 24.3 Å². The lowest BCUT2D eigenvalue weighted by Gasteiger charge is -2.08. The van der Waals surface area contributed by atoms with Gasteiger partial charge in [-0.2, -0.15) is 18.2 Å². The van der Waals surface area contributed by atoms with Crippen molar-refractivity contribution in [3.63, 3.8) is 0 Å². The molecule has 1 aromatic carbocycles. The Labute approximate surface area is 106 Å². The van der Waals surface area contributed by atoms with Crippen molar-refractivity contribution < 1.29 is 26.3 Å². The molecule has 0 radical (unpaired) electrons. The molecular formula is C10H7F3N2O3S. The summed E-state index contributed by atoms with van der Waals surface area (Å²) in [7, 11) is -3.85. The third-order valence-electron chi connectivity index (χ3n) is 2.13. The molecule has 0 spiro atoms. The van der Waals surface area contributed by atoms with Gasteiger partial charge >= 0.3 is 11.4 Å². The fraction of sp³-hybridized carbons (Fsp3) is 0.100. The number of ether oxygens (including phenoxy) is 1. The second-order valence-corrected chi connectivity index (χ2v) is 5.26. The molecule has 0 aliphatic carbocycles. The maximum atomic E-state index is 12.3. The van der Waals surface area contributed by atoms with E-state index in [-0.39, 0.29) is 11.6 Å². The van der Waals surface area contributed by atoms with Crippen molar-refractivity contribution in [2.24, 2.45) is 10.7 Å². The summed E-state index contributed by atoms with van der Waals surface area (Å²) in [5.74, 6) is -0.333. The van der Waals surface area contributed by atoms with Gasteiger partial charge in [0.15, 0.2) is 0 Å². The smallest absolute Gasteiger partial charge is 0.416 e. The van der Waals surface area contributed by atoms with E-state index in [1.165, 1.54) is 0 Å². The second-order valence-electron chi connectivity index (χ2n) is 3.59. The Morgan fingerprint density at radius 1 is 1.16 bits per heavy atom. The van der Waals surface area contributed by atoms with Crippen LogP contribution in [0.4, 0.5) is 13.2 Å². The Bertz CT molecular complexity index is 660. The summed E-state index contributed by atoms with van der Waals surface area (Å²) in [6.45, 7) is 0. The van der Waals surface area contributed by atoms with Crippen molar-refractivity contribution >= 4 is 15.1 Å². The van der Waals surface area contributed by atoms with Gasteiger partial charge in [-0.1, -0.05) is 0 Å². The molecule has 2 N–H and O–H groups in total. The van der Waals surface area contributed by atoms with Crippen molar-refractivity contribution in [1.29, 1.82) is 0 Å². The number of nitrogens with zero attached hydrogens (tertiary/aromatic N) is 1. The van der Waals surface area contributed by atoms with E-state index < -0.39 is 26.8 Å². The molecule has 1 aliphatic heterocycles. The van der Waals surface area contributed by atoms with Crippen LogP contribution in [0.25, 0.3) is 0 Å². The van der Waals surface area contributed by atoms with Gasteiger partial charge in [0.1, 0.15) is 11.6 Å². The van der Waals surface area contributed by atoms with Gasteiger partial charge in [-0.3, -0.25) is 0 Å². The lowest BCUT2D eigenvalue weighted by Crippen LogP contribution is -2.16. The van der Waals surface area contributed by atoms with Crippen LogP contribution in [0.5, 0.6) is 5.75 Å². The zero-order valence-corrected chi connectivity index (χ0v) is 9.99. The molecule has 1 aliphatic rings. The van der Waals surface area contributed by atoms with E-state index in [2.05, 4.69) is 4.99 Å². The van der Waals surface area contributed by atoms with Crippen LogP contribution in [0, 0.1) is 0 Å². The fourth-order valence-electron chi connectivity index (χ4n) is 1.30. The summed E-state index contributed by atoms with van der Waals surface area (Å²) < 4.78 is 64.7. The first-order chi connectivity index (χ1) is 8.68. The van der Waals surface area contributed by atoms with Gasteiger partial charge in [-0.15, -0.1) is 0 Å². The molecule has 0 aromatic heterocycles. The molecule has 0 saturated carbocycles. The zero-order chi connectivity index (χ0) is 14.3. The van der Waals surface area contributed by atoms with Gasteiger partial charge in [0.05, 0.1) is 11.0 Å². The lowest BCUT2D eigenvalue weighted by molar-refractivity contribution is -0.137. The molecule has 0 amide bonds. The van der Waals surface area contributed by atoms with E-state index in [0.717, 1.165) is 24.3 Å². The van der Waals surface area contributed by atoms with Gasteiger partial charge in [0.2, 0.25) is 0 Å². The predicted molar refractivity (Wildman–Crippen MR) is 60.7 cm³/mol. The van der Waals surface area contributed by atoms with E-state index in [0.29, 0.717) is 5.41 Å². The van der Waals surface area contributed by atoms with E-state index in [1.807, 2.05) is 0 Å². The molecule has 1 aromatic rings. The van der Waals surface area contributed by atoms with E-state index in [4.69, 9.17) is 10.5 Å². The molecule has 0 unspecified atom stereocenters. The van der Waals surface area contributed by atoms with E-state index >= 15 is 0 Å². The molecule has 19 heavy (non-hydrogen) atoms. The molecule has 102 valence electrons. The van der Waals surface area contributed by atoms with Crippen LogP contribution in [0.2, 0.25) is 0 Å². The van der Waals surface area contributed by atoms with Gasteiger partial charge < -0.3 is 10.5 Å². The van der Waals surface area contributed by atoms with Crippen LogP contribution in [0.3, 0.4) is 0 Å². The largest absolute Gasteiger partial charge is 0.430 e. The average Bonchev–Trinajstić information content (AvgIpc) is 2.51. The predicted octanol–water partition coefficient (Wildman–Crippen LogP) is 1.63. The van der Waals surface area contributed by atoms with Gasteiger partial charge in [0, 0.05) is 0 Å². The molecule has 0 bridgehead atoms. The van der Waals surface area contributed by atoms with Crippen LogP contribution in [0.1, 0.15) is 5.56 Å². The maximum Gasteiger partial charge on any atom is 0.416 e. The Morgan fingerprint density at radius 3 is 2.16 bits per heavy atom. The van der Waals surface area contributed by atoms with Crippen molar-refractivity contribution in [1.82, 2.24) is 0 Å². The topological polar surface area (TPSA) is 81.8 Å². The number of rotatable bonds is 1. The Balaban J connectivity index is 2.21. The highest BCUT2D eigenvalue weighted by Gasteiger charge is 2.31. The monoisotopic (exact) mass is 292 g/mol. The number of hydrogen-bond donors (Lipinski definition) is 1. The van der Waals surface area contributed by atoms with Gasteiger partial charge in [0.25, 0.3) is 9.84 Å². The highest BCUT2D eigenvalue weighted by atomic mass is 32.2. The highest BCUT2D eigenvalue weighted by molar-refractivity contribution is 8.08. The summed E-state index contributed by atoms with van der Waals surface area (Å²) in [4.78, 5) is 3.43. The molecule has 0 fully saturated rings. The minimum Gasteiger partial charge on any atom is -0.430 e. The molecule has 5 nitrogen and oxygen atoms in total. The van der Waals surface area contributed by atoms with Crippen LogP contribution in [-0.2, 0) is 16.0 Å². The van der Waals surface area contributed by atoms with Crippen LogP contribution in [-0.4, -0.2) is 13.6 Å². The number of aliphatic imine (C=N–C) groups is 1. The molecule has 0 atom stereocenters. The number of nitrogens with two attached hydrogens (primary N) is 1. The van der Waals surface area contributed by atoms with Crippen LogP contribution in [0.15, 0.2) is 40.5 Å². The number of sulfone groups is 1. The molecule has 9 heteroatoms. The Kier molecular flexibility index (Phi) is 3.01. The van der Waals surface area contributed by atoms with Crippen LogP contribution < -0.4 is 10.5 Å². The summed E-state index contributed by atoms with van der Waals surface area (Å²) >= 11 is 0. The highest BCUT2D eigenvalue weighted by Crippen LogP contribution is 2.30. The van der Waals surface area contributed by atoms with Crippen molar-refractivity contribution in [2.75, 3.05) is 0 Å². The normalized spacial score (nSPS) is 17.8. The van der Waals surface area contributed by atoms with E-state index in [9.17, 15) is 21.6 Å². The van der Waals surface area contributed by atoms with Crippen molar-refractivity contribution in [3.05, 3.63) is 41.1 Å². The molecule has 2 rings (SSSR count). The standard InChI is InChI=1S/C10H7F3N2O3S/c11-10(12,13)6-1-3-7(4-2-6)18-9-15-8(14)5-19(9,16)17/h1-5H,14H2. The first-order valence-corrected chi connectivity index (χ1v) is 6.39. The first kappa shape index (κ1) is 13.4. The second kappa shape index (κ2) is 4.26. The summed E-state index contributed by atoms with van der Waals surface area (Å²) in [6.07, 6.45) is -4.47. The minimum absolute atomic E-state index is 0.0848. The van der Waals surface area contributed by atoms with Crippen LogP contribution >= 0.6 is 0 Å². The first-order valence-electron chi connectivity index (χ1n) is 4.84. The molecular weight excluding hydrogens is 285 g/mol. The van der Waals surface area contributed by atoms with E-state index in [1.54, 1.807) is 0 Å². The quantitative estimate of drug-likeness (QED) is 0.852. The van der Waals surface area contributed by atoms with Crippen molar-refractivity contribution in [3.8, 4) is 5.75 Å². The minimum atomic E-state index is -4.47. The average molecular weight is 292 g/mol. The fourth-order valence-corrected chi connectivity index (χ4v) is 2.21. The van der Waals surface area contributed by atoms with Crippen molar-refractivity contribution in [2.45, 2.75) is 6.18 Å². The number of hydrogen-bond acceptors (Lipinski definition) is 5. The lowest BCUT2D eigenvalue weighted by atomic mass is 10.2. The Hall–Kier alpha value is -2.03. The van der Waals surface area contributed by atoms with Gasteiger partial charge in [-0.25, -0.2) is 8.42 Å². The summed E-state index contributed by atoms with van der Waals surface area (Å²) in [5, 5.41) is 0.0385. The molecule has 1 heterocycles. The number of halogens is 3. The summed E-state index contributed by atoms with van der Waals surface area (Å²) in [5.41, 5.74) is 4.33. The maximum absolute atomic E-state index is 12.3. The zero-order valence-electron chi connectivity index (χ0n) is 9.18. The third kappa shape index (κ3) is 2.87. The SMILES string of the molecule is NC1=CS(=O)(=O)C(Oc2ccc(C(F)(F)F)cc2)=N1. The number of alkyl halides is 3. The summed E-state index contributed by atoms with van der Waals surface area (Å²) in [6, 6.07) is 3.53.